The molecule has 0 aliphatic rings. The highest BCUT2D eigenvalue weighted by Gasteiger charge is 2.22. The molecule has 0 saturated heterocycles. The number of amides is 1. The van der Waals surface area contributed by atoms with Crippen molar-refractivity contribution in [3.05, 3.63) is 65.5 Å². The molecule has 2 aromatic rings. The number of nitrogens with one attached hydrogen (secondary N) is 1. The number of anilines is 1. The number of rotatable bonds is 7. The first-order valence-corrected chi connectivity index (χ1v) is 10.5. The van der Waals surface area contributed by atoms with E-state index in [-0.39, 0.29) is 18.4 Å². The molecule has 2 aromatic carbocycles. The lowest BCUT2D eigenvalue weighted by Gasteiger charge is -2.23. The molecule has 0 radical (unpaired) electrons. The lowest BCUT2D eigenvalue weighted by Crippen LogP contribution is -2.41. The largest absolute Gasteiger partial charge is 0.348 e. The normalized spacial score (nSPS) is 12.7. The van der Waals surface area contributed by atoms with Crippen LogP contribution >= 0.6 is 0 Å². The first kappa shape index (κ1) is 20.9. The molecular weight excluding hydrogens is 367 g/mol. The number of carbonyl (C=O) groups is 1. The number of sulfonamides is 1. The van der Waals surface area contributed by atoms with Crippen LogP contribution in [-0.2, 0) is 14.8 Å². The number of benzene rings is 2. The van der Waals surface area contributed by atoms with Crippen molar-refractivity contribution >= 4 is 21.6 Å². The summed E-state index contributed by atoms with van der Waals surface area (Å²) < 4.78 is 38.5. The fourth-order valence-electron chi connectivity index (χ4n) is 2.68. The molecule has 0 spiro atoms. The molecular formula is C20H25FN2O3S. The molecule has 0 heterocycles. The van der Waals surface area contributed by atoms with Crippen LogP contribution in [0.5, 0.6) is 0 Å². The minimum absolute atomic E-state index is 0.325. The van der Waals surface area contributed by atoms with Crippen LogP contribution < -0.4 is 9.62 Å². The van der Waals surface area contributed by atoms with Crippen LogP contribution in [-0.4, -0.2) is 27.1 Å². The number of hydrogen-bond donors (Lipinski definition) is 1. The molecule has 1 N–H and O–H groups in total. The SMILES string of the molecule is CC(C)c1ccc(N(CC(=O)N[C@H](C)c2ccc(F)cc2)S(C)(=O)=O)cc1. The van der Waals surface area contributed by atoms with Gasteiger partial charge in [-0.15, -0.1) is 0 Å². The Morgan fingerprint density at radius 3 is 2.00 bits per heavy atom. The van der Waals surface area contributed by atoms with Gasteiger partial charge in [-0.1, -0.05) is 38.1 Å². The molecule has 0 aromatic heterocycles. The van der Waals surface area contributed by atoms with Crippen LogP contribution in [0.4, 0.5) is 10.1 Å². The Balaban J connectivity index is 2.13. The molecule has 0 aliphatic carbocycles. The third kappa shape index (κ3) is 5.79. The van der Waals surface area contributed by atoms with Crippen LogP contribution in [0.15, 0.2) is 48.5 Å². The summed E-state index contributed by atoms with van der Waals surface area (Å²) in [6.07, 6.45) is 1.07. The van der Waals surface area contributed by atoms with E-state index in [0.717, 1.165) is 21.7 Å². The summed E-state index contributed by atoms with van der Waals surface area (Å²) in [7, 11) is -3.63. The van der Waals surface area contributed by atoms with E-state index in [1.54, 1.807) is 31.2 Å². The summed E-state index contributed by atoms with van der Waals surface area (Å²) in [5.74, 6) is -0.471. The van der Waals surface area contributed by atoms with E-state index in [2.05, 4.69) is 5.32 Å². The van der Waals surface area contributed by atoms with E-state index in [0.29, 0.717) is 11.6 Å². The van der Waals surface area contributed by atoms with E-state index in [4.69, 9.17) is 0 Å². The third-order valence-electron chi connectivity index (χ3n) is 4.28. The fourth-order valence-corrected chi connectivity index (χ4v) is 3.53. The van der Waals surface area contributed by atoms with Crippen molar-refractivity contribution in [1.29, 1.82) is 0 Å². The highest BCUT2D eigenvalue weighted by atomic mass is 32.2. The van der Waals surface area contributed by atoms with Gasteiger partial charge in [0.2, 0.25) is 15.9 Å². The van der Waals surface area contributed by atoms with Crippen LogP contribution in [0.1, 0.15) is 43.9 Å². The first-order valence-electron chi connectivity index (χ1n) is 8.70. The summed E-state index contributed by atoms with van der Waals surface area (Å²) in [6, 6.07) is 12.5. The molecule has 146 valence electrons. The summed E-state index contributed by atoms with van der Waals surface area (Å²) in [5, 5.41) is 2.75. The van der Waals surface area contributed by atoms with Gasteiger partial charge in [0.05, 0.1) is 18.0 Å². The molecule has 2 rings (SSSR count). The topological polar surface area (TPSA) is 66.5 Å². The van der Waals surface area contributed by atoms with Gasteiger partial charge in [0, 0.05) is 0 Å². The zero-order valence-electron chi connectivity index (χ0n) is 15.9. The number of nitrogens with zero attached hydrogens (tertiary/aromatic N) is 1. The quantitative estimate of drug-likeness (QED) is 0.783. The van der Waals surface area contributed by atoms with E-state index < -0.39 is 15.9 Å². The molecule has 1 atom stereocenters. The molecule has 0 aliphatic heterocycles. The number of carbonyl (C=O) groups excluding carboxylic acids is 1. The molecule has 1 amide bonds. The molecule has 5 nitrogen and oxygen atoms in total. The molecule has 0 bridgehead atoms. The van der Waals surface area contributed by atoms with Gasteiger partial charge in [-0.05, 0) is 48.2 Å². The zero-order chi connectivity index (χ0) is 20.2. The van der Waals surface area contributed by atoms with Crippen LogP contribution in [0.25, 0.3) is 0 Å². The summed E-state index contributed by atoms with van der Waals surface area (Å²) >= 11 is 0. The van der Waals surface area contributed by atoms with Gasteiger partial charge in [-0.25, -0.2) is 12.8 Å². The van der Waals surface area contributed by atoms with Gasteiger partial charge in [0.15, 0.2) is 0 Å². The molecule has 27 heavy (non-hydrogen) atoms. The minimum Gasteiger partial charge on any atom is -0.348 e. The second-order valence-corrected chi connectivity index (χ2v) is 8.76. The van der Waals surface area contributed by atoms with Crippen molar-refractivity contribution in [1.82, 2.24) is 5.32 Å². The predicted octanol–water partition coefficient (Wildman–Crippen LogP) is 3.59. The Hall–Kier alpha value is -2.41. The van der Waals surface area contributed by atoms with E-state index >= 15 is 0 Å². The highest BCUT2D eigenvalue weighted by Crippen LogP contribution is 2.22. The fraction of sp³-hybridized carbons (Fsp3) is 0.350. The Morgan fingerprint density at radius 1 is 1.00 bits per heavy atom. The van der Waals surface area contributed by atoms with Gasteiger partial charge >= 0.3 is 0 Å². The maximum atomic E-state index is 13.0. The average molecular weight is 392 g/mol. The van der Waals surface area contributed by atoms with Gasteiger partial charge in [-0.3, -0.25) is 9.10 Å². The predicted molar refractivity (Wildman–Crippen MR) is 106 cm³/mol. The van der Waals surface area contributed by atoms with E-state index in [9.17, 15) is 17.6 Å². The Labute approximate surface area is 160 Å². The Morgan fingerprint density at radius 2 is 1.52 bits per heavy atom. The van der Waals surface area contributed by atoms with Gasteiger partial charge in [-0.2, -0.15) is 0 Å². The third-order valence-corrected chi connectivity index (χ3v) is 5.42. The molecule has 7 heteroatoms. The minimum atomic E-state index is -3.63. The van der Waals surface area contributed by atoms with Crippen molar-refractivity contribution in [2.75, 3.05) is 17.1 Å². The lowest BCUT2D eigenvalue weighted by molar-refractivity contribution is -0.120. The van der Waals surface area contributed by atoms with E-state index in [1.165, 1.54) is 12.1 Å². The van der Waals surface area contributed by atoms with Crippen LogP contribution in [0, 0.1) is 5.82 Å². The van der Waals surface area contributed by atoms with Gasteiger partial charge in [0.1, 0.15) is 12.4 Å². The Kier molecular flexibility index (Phi) is 6.59. The van der Waals surface area contributed by atoms with Crippen molar-refractivity contribution in [2.24, 2.45) is 0 Å². The smallest absolute Gasteiger partial charge is 0.241 e. The maximum absolute atomic E-state index is 13.0. The second kappa shape index (κ2) is 8.52. The van der Waals surface area contributed by atoms with Crippen molar-refractivity contribution in [3.63, 3.8) is 0 Å². The van der Waals surface area contributed by atoms with Gasteiger partial charge < -0.3 is 5.32 Å². The lowest BCUT2D eigenvalue weighted by atomic mass is 10.0. The summed E-state index contributed by atoms with van der Waals surface area (Å²) in [5.41, 5.74) is 2.25. The average Bonchev–Trinajstić information content (AvgIpc) is 2.59. The maximum Gasteiger partial charge on any atom is 0.241 e. The Bertz CT molecular complexity index is 878. The molecule has 0 saturated carbocycles. The van der Waals surface area contributed by atoms with Crippen LogP contribution in [0.2, 0.25) is 0 Å². The van der Waals surface area contributed by atoms with Crippen molar-refractivity contribution in [2.45, 2.75) is 32.7 Å². The molecule has 0 fully saturated rings. The summed E-state index contributed by atoms with van der Waals surface area (Å²) in [4.78, 5) is 12.4. The van der Waals surface area contributed by atoms with Crippen molar-refractivity contribution < 1.29 is 17.6 Å². The zero-order valence-corrected chi connectivity index (χ0v) is 16.8. The number of hydrogen-bond acceptors (Lipinski definition) is 3. The highest BCUT2D eigenvalue weighted by molar-refractivity contribution is 7.92. The first-order chi connectivity index (χ1) is 12.6. The summed E-state index contributed by atoms with van der Waals surface area (Å²) in [6.45, 7) is 5.53. The second-order valence-electron chi connectivity index (χ2n) is 6.86. The molecule has 0 unspecified atom stereocenters. The number of halogens is 1. The van der Waals surface area contributed by atoms with Crippen LogP contribution in [0.3, 0.4) is 0 Å². The van der Waals surface area contributed by atoms with E-state index in [1.807, 2.05) is 26.0 Å². The monoisotopic (exact) mass is 392 g/mol. The van der Waals surface area contributed by atoms with Crippen molar-refractivity contribution in [3.8, 4) is 0 Å². The van der Waals surface area contributed by atoms with Gasteiger partial charge in [0.25, 0.3) is 0 Å². The standard InChI is InChI=1S/C20H25FN2O3S/c1-14(2)16-7-11-19(12-8-16)23(27(4,25)26)13-20(24)22-15(3)17-5-9-18(21)10-6-17/h5-12,14-15H,13H2,1-4H3,(H,22,24)/t15-/m1/s1.